The summed E-state index contributed by atoms with van der Waals surface area (Å²) in [5, 5.41) is 10.2. The summed E-state index contributed by atoms with van der Waals surface area (Å²) < 4.78 is 13.5. The maximum atomic E-state index is 13.5. The zero-order chi connectivity index (χ0) is 20.4. The van der Waals surface area contributed by atoms with E-state index in [9.17, 15) is 19.2 Å². The summed E-state index contributed by atoms with van der Waals surface area (Å²) in [6.45, 7) is 0.0356. The fourth-order valence-electron chi connectivity index (χ4n) is 3.67. The molecule has 0 bridgehead atoms. The number of carbonyl (C=O) groups is 2. The van der Waals surface area contributed by atoms with Gasteiger partial charge in [0, 0.05) is 12.7 Å². The first-order valence-electron chi connectivity index (χ1n) is 9.11. The van der Waals surface area contributed by atoms with Crippen molar-refractivity contribution in [2.45, 2.75) is 11.8 Å². The molecule has 1 aromatic heterocycles. The average Bonchev–Trinajstić information content (AvgIpc) is 3.01. The van der Waals surface area contributed by atoms with Gasteiger partial charge >= 0.3 is 0 Å². The molecule has 0 fully saturated rings. The Labute approximate surface area is 167 Å². The zero-order valence-corrected chi connectivity index (χ0v) is 15.4. The van der Waals surface area contributed by atoms with Gasteiger partial charge in [-0.05, 0) is 48.4 Å². The summed E-state index contributed by atoms with van der Waals surface area (Å²) in [7, 11) is 0. The van der Waals surface area contributed by atoms with Crippen molar-refractivity contribution >= 4 is 11.8 Å². The molecule has 5 nitrogen and oxygen atoms in total. The van der Waals surface area contributed by atoms with Gasteiger partial charge in [0.05, 0.1) is 22.9 Å². The topological polar surface area (TPSA) is 74.1 Å². The number of hydrogen-bond acceptors (Lipinski definition) is 4. The van der Waals surface area contributed by atoms with Crippen molar-refractivity contribution in [1.29, 1.82) is 5.26 Å². The van der Waals surface area contributed by atoms with Crippen LogP contribution in [0.3, 0.4) is 0 Å². The molecule has 2 aromatic carbocycles. The largest absolute Gasteiger partial charge is 0.274 e. The molecule has 1 aliphatic rings. The molecule has 0 saturated carbocycles. The molecule has 2 amide bonds. The number of rotatable bonds is 5. The summed E-state index contributed by atoms with van der Waals surface area (Å²) >= 11 is 0. The second-order valence-corrected chi connectivity index (χ2v) is 6.80. The van der Waals surface area contributed by atoms with Crippen molar-refractivity contribution in [1.82, 2.24) is 9.88 Å². The normalized spacial score (nSPS) is 15.0. The van der Waals surface area contributed by atoms with Gasteiger partial charge in [0.1, 0.15) is 11.2 Å². The van der Waals surface area contributed by atoms with Crippen molar-refractivity contribution < 1.29 is 14.0 Å². The lowest BCUT2D eigenvalue weighted by atomic mass is 9.75. The summed E-state index contributed by atoms with van der Waals surface area (Å²) in [6, 6.07) is 19.8. The Bertz CT molecular complexity index is 1090. The van der Waals surface area contributed by atoms with E-state index >= 15 is 0 Å². The lowest BCUT2D eigenvalue weighted by Crippen LogP contribution is -2.37. The van der Waals surface area contributed by atoms with Gasteiger partial charge in [-0.3, -0.25) is 19.5 Å². The van der Waals surface area contributed by atoms with E-state index in [1.54, 1.807) is 48.7 Å². The molecule has 2 heterocycles. The Morgan fingerprint density at radius 1 is 0.931 bits per heavy atom. The highest BCUT2D eigenvalue weighted by Gasteiger charge is 2.40. The maximum Gasteiger partial charge on any atom is 0.261 e. The van der Waals surface area contributed by atoms with Crippen molar-refractivity contribution in [2.75, 3.05) is 6.54 Å². The van der Waals surface area contributed by atoms with Crippen LogP contribution in [-0.2, 0) is 5.41 Å². The number of hydrogen-bond donors (Lipinski definition) is 0. The molecule has 6 heteroatoms. The number of imide groups is 1. The fourth-order valence-corrected chi connectivity index (χ4v) is 3.67. The molecule has 0 aliphatic carbocycles. The Balaban J connectivity index is 1.71. The van der Waals surface area contributed by atoms with Crippen LogP contribution >= 0.6 is 0 Å². The van der Waals surface area contributed by atoms with E-state index in [0.717, 1.165) is 4.90 Å². The first-order valence-corrected chi connectivity index (χ1v) is 9.11. The zero-order valence-electron chi connectivity index (χ0n) is 15.4. The molecule has 0 saturated heterocycles. The van der Waals surface area contributed by atoms with E-state index in [4.69, 9.17) is 0 Å². The van der Waals surface area contributed by atoms with E-state index in [-0.39, 0.29) is 24.8 Å². The minimum Gasteiger partial charge on any atom is -0.274 e. The molecule has 0 radical (unpaired) electrons. The lowest BCUT2D eigenvalue weighted by Gasteiger charge is -2.28. The van der Waals surface area contributed by atoms with Gasteiger partial charge in [-0.2, -0.15) is 5.26 Å². The number of nitrogens with zero attached hydrogens (tertiary/aromatic N) is 3. The molecule has 1 atom stereocenters. The van der Waals surface area contributed by atoms with Crippen LogP contribution in [0.1, 0.15) is 38.4 Å². The number of halogens is 1. The average molecular weight is 385 g/mol. The van der Waals surface area contributed by atoms with Crippen molar-refractivity contribution in [3.63, 3.8) is 0 Å². The quantitative estimate of drug-likeness (QED) is 0.628. The minimum absolute atomic E-state index is 0.0356. The second-order valence-electron chi connectivity index (χ2n) is 6.80. The van der Waals surface area contributed by atoms with Gasteiger partial charge in [0.2, 0.25) is 0 Å². The Morgan fingerprint density at radius 3 is 2.10 bits per heavy atom. The number of pyridine rings is 1. The van der Waals surface area contributed by atoms with E-state index < -0.39 is 11.2 Å². The molecule has 1 unspecified atom stereocenters. The summed E-state index contributed by atoms with van der Waals surface area (Å²) in [5.74, 6) is -1.17. The molecule has 4 rings (SSSR count). The standard InChI is InChI=1S/C23H16FN3O2/c24-17-10-8-16(9-11-17)23(15-25,20-7-3-4-13-26-20)12-14-27-21(28)18-5-1-2-6-19(18)22(27)29/h1-11,13H,12,14H2. The molecule has 142 valence electrons. The molecular weight excluding hydrogens is 369 g/mol. The predicted molar refractivity (Wildman–Crippen MR) is 103 cm³/mol. The molecule has 1 aliphatic heterocycles. The Morgan fingerprint density at radius 2 is 1.55 bits per heavy atom. The van der Waals surface area contributed by atoms with Crippen LogP contribution in [0.25, 0.3) is 0 Å². The van der Waals surface area contributed by atoms with E-state index in [1.807, 2.05) is 0 Å². The van der Waals surface area contributed by atoms with Crippen LogP contribution in [0, 0.1) is 17.1 Å². The number of aromatic nitrogens is 1. The van der Waals surface area contributed by atoms with E-state index in [0.29, 0.717) is 22.4 Å². The van der Waals surface area contributed by atoms with Crippen molar-refractivity contribution in [3.05, 3.63) is 101 Å². The SMILES string of the molecule is N#CC(CCN1C(=O)c2ccccc2C1=O)(c1ccc(F)cc1)c1ccccn1. The molecule has 29 heavy (non-hydrogen) atoms. The predicted octanol–water partition coefficient (Wildman–Crippen LogP) is 3.72. The number of fused-ring (bicyclic) bond motifs is 1. The molecule has 0 N–H and O–H groups in total. The van der Waals surface area contributed by atoms with E-state index in [2.05, 4.69) is 11.1 Å². The van der Waals surface area contributed by atoms with Crippen LogP contribution in [0.4, 0.5) is 4.39 Å². The second kappa shape index (κ2) is 7.28. The van der Waals surface area contributed by atoms with Crippen LogP contribution in [0.15, 0.2) is 72.9 Å². The monoisotopic (exact) mass is 385 g/mol. The summed E-state index contributed by atoms with van der Waals surface area (Å²) in [4.78, 5) is 30.9. The van der Waals surface area contributed by atoms with Gasteiger partial charge < -0.3 is 0 Å². The summed E-state index contributed by atoms with van der Waals surface area (Å²) in [5.41, 5.74) is 0.520. The van der Waals surface area contributed by atoms with Gasteiger partial charge in [-0.1, -0.05) is 30.3 Å². The first-order chi connectivity index (χ1) is 14.1. The van der Waals surface area contributed by atoms with Crippen molar-refractivity contribution in [2.24, 2.45) is 0 Å². The molecular formula is C23H16FN3O2. The van der Waals surface area contributed by atoms with Gasteiger partial charge in [0.25, 0.3) is 11.8 Å². The number of carbonyl (C=O) groups excluding carboxylic acids is 2. The highest BCUT2D eigenvalue weighted by Crippen LogP contribution is 2.35. The molecule has 0 spiro atoms. The number of benzene rings is 2. The first kappa shape index (κ1) is 18.5. The smallest absolute Gasteiger partial charge is 0.261 e. The number of amides is 2. The van der Waals surface area contributed by atoms with Gasteiger partial charge in [-0.25, -0.2) is 4.39 Å². The van der Waals surface area contributed by atoms with Gasteiger partial charge in [-0.15, -0.1) is 0 Å². The minimum atomic E-state index is -1.23. The Hall–Kier alpha value is -3.85. The number of nitriles is 1. The lowest BCUT2D eigenvalue weighted by molar-refractivity contribution is 0.0647. The van der Waals surface area contributed by atoms with Crippen LogP contribution in [0.5, 0.6) is 0 Å². The van der Waals surface area contributed by atoms with Crippen LogP contribution in [-0.4, -0.2) is 28.2 Å². The third kappa shape index (κ3) is 3.07. The Kier molecular flexibility index (Phi) is 4.65. The van der Waals surface area contributed by atoms with E-state index in [1.165, 1.54) is 24.3 Å². The third-order valence-corrected chi connectivity index (χ3v) is 5.22. The highest BCUT2D eigenvalue weighted by atomic mass is 19.1. The fraction of sp³-hybridized carbons (Fsp3) is 0.130. The van der Waals surface area contributed by atoms with Crippen LogP contribution in [0.2, 0.25) is 0 Å². The maximum absolute atomic E-state index is 13.5. The van der Waals surface area contributed by atoms with Crippen LogP contribution < -0.4 is 0 Å². The van der Waals surface area contributed by atoms with Crippen molar-refractivity contribution in [3.8, 4) is 6.07 Å². The molecule has 3 aromatic rings. The third-order valence-electron chi connectivity index (χ3n) is 5.22. The summed E-state index contributed by atoms with van der Waals surface area (Å²) in [6.07, 6.45) is 1.71. The van der Waals surface area contributed by atoms with Gasteiger partial charge in [0.15, 0.2) is 0 Å². The highest BCUT2D eigenvalue weighted by molar-refractivity contribution is 6.21.